The Kier molecular flexibility index (Phi) is 5.35. The van der Waals surface area contributed by atoms with E-state index in [2.05, 4.69) is 24.1 Å². The minimum atomic E-state index is -0.140. The number of nitrogens with zero attached hydrogens (tertiary/aromatic N) is 2. The molecule has 1 rings (SSSR count). The number of aromatic nitrogens is 2. The lowest BCUT2D eigenvalue weighted by atomic mass is 10.2. The molecule has 0 fully saturated rings. The van der Waals surface area contributed by atoms with Crippen LogP contribution in [0.25, 0.3) is 0 Å². The molecule has 0 saturated carbocycles. The van der Waals surface area contributed by atoms with Crippen molar-refractivity contribution in [3.05, 3.63) is 27.9 Å². The predicted molar refractivity (Wildman–Crippen MR) is 70.3 cm³/mol. The van der Waals surface area contributed by atoms with Crippen LogP contribution in [-0.4, -0.2) is 22.1 Å². The third-order valence-electron chi connectivity index (χ3n) is 2.93. The van der Waals surface area contributed by atoms with Gasteiger partial charge in [0.1, 0.15) is 0 Å². The number of aryl methyl sites for hydroxylation is 2. The molecule has 1 unspecified atom stereocenters. The zero-order valence-corrected chi connectivity index (χ0v) is 11.3. The van der Waals surface area contributed by atoms with Crippen LogP contribution in [0, 0.1) is 13.8 Å². The van der Waals surface area contributed by atoms with Crippen LogP contribution in [0.3, 0.4) is 0 Å². The number of hydrogen-bond acceptors (Lipinski definition) is 3. The summed E-state index contributed by atoms with van der Waals surface area (Å²) in [5.74, 6) is 0. The molecule has 0 radical (unpaired) electrons. The lowest BCUT2D eigenvalue weighted by Gasteiger charge is -2.19. The quantitative estimate of drug-likeness (QED) is 0.818. The summed E-state index contributed by atoms with van der Waals surface area (Å²) in [6, 6.07) is 2.30. The average Bonchev–Trinajstić information content (AvgIpc) is 2.27. The molecule has 1 N–H and O–H groups in total. The minimum Gasteiger partial charge on any atom is -0.312 e. The van der Waals surface area contributed by atoms with Gasteiger partial charge in [-0.1, -0.05) is 13.8 Å². The number of hydrogen-bond donors (Lipinski definition) is 1. The number of nitrogens with one attached hydrogen (secondary N) is 1. The Balaban J connectivity index is 2.82. The van der Waals surface area contributed by atoms with E-state index in [-0.39, 0.29) is 5.69 Å². The molecule has 0 spiro atoms. The molecule has 0 amide bonds. The van der Waals surface area contributed by atoms with E-state index in [1.54, 1.807) is 4.57 Å². The second-order valence-electron chi connectivity index (χ2n) is 4.49. The lowest BCUT2D eigenvalue weighted by molar-refractivity contribution is 0.422. The van der Waals surface area contributed by atoms with Gasteiger partial charge < -0.3 is 5.32 Å². The fourth-order valence-electron chi connectivity index (χ4n) is 1.90. The molecule has 0 saturated heterocycles. The van der Waals surface area contributed by atoms with E-state index in [0.717, 1.165) is 30.8 Å². The van der Waals surface area contributed by atoms with Crippen molar-refractivity contribution < 1.29 is 0 Å². The van der Waals surface area contributed by atoms with Crippen LogP contribution < -0.4 is 11.0 Å². The summed E-state index contributed by atoms with van der Waals surface area (Å²) >= 11 is 0. The molecular formula is C13H23N3O. The van der Waals surface area contributed by atoms with Crippen molar-refractivity contribution in [1.29, 1.82) is 0 Å². The molecule has 0 aliphatic rings. The highest BCUT2D eigenvalue weighted by molar-refractivity contribution is 5.06. The van der Waals surface area contributed by atoms with Gasteiger partial charge in [-0.15, -0.1) is 0 Å². The molecule has 0 aliphatic heterocycles. The molecular weight excluding hydrogens is 214 g/mol. The fraction of sp³-hybridized carbons (Fsp3) is 0.692. The van der Waals surface area contributed by atoms with Gasteiger partial charge in [0.25, 0.3) is 0 Å². The molecule has 1 aromatic heterocycles. The first kappa shape index (κ1) is 13.9. The summed E-state index contributed by atoms with van der Waals surface area (Å²) in [5.41, 5.74) is 1.64. The largest absolute Gasteiger partial charge is 0.348 e. The van der Waals surface area contributed by atoms with Crippen LogP contribution in [0.2, 0.25) is 0 Å². The van der Waals surface area contributed by atoms with Crippen molar-refractivity contribution in [2.75, 3.05) is 6.54 Å². The third-order valence-corrected chi connectivity index (χ3v) is 2.93. The Hall–Kier alpha value is -1.16. The van der Waals surface area contributed by atoms with E-state index in [1.807, 2.05) is 19.9 Å². The van der Waals surface area contributed by atoms with Crippen molar-refractivity contribution >= 4 is 0 Å². The summed E-state index contributed by atoms with van der Waals surface area (Å²) in [6.07, 6.45) is 2.12. The molecule has 0 aliphatic carbocycles. The Bertz CT molecular complexity index is 412. The van der Waals surface area contributed by atoms with E-state index in [4.69, 9.17) is 0 Å². The summed E-state index contributed by atoms with van der Waals surface area (Å²) in [7, 11) is 0. The zero-order chi connectivity index (χ0) is 12.8. The van der Waals surface area contributed by atoms with Crippen molar-refractivity contribution in [1.82, 2.24) is 14.9 Å². The van der Waals surface area contributed by atoms with Crippen LogP contribution in [-0.2, 0) is 6.54 Å². The van der Waals surface area contributed by atoms with Gasteiger partial charge in [0, 0.05) is 24.0 Å². The van der Waals surface area contributed by atoms with E-state index < -0.39 is 0 Å². The van der Waals surface area contributed by atoms with E-state index >= 15 is 0 Å². The van der Waals surface area contributed by atoms with Crippen LogP contribution in [0.5, 0.6) is 0 Å². The molecule has 1 aromatic rings. The average molecular weight is 237 g/mol. The van der Waals surface area contributed by atoms with Crippen molar-refractivity contribution in [2.45, 2.75) is 53.1 Å². The first-order valence-electron chi connectivity index (χ1n) is 6.37. The van der Waals surface area contributed by atoms with E-state index in [0.29, 0.717) is 12.6 Å². The molecule has 1 heterocycles. The maximum Gasteiger partial charge on any atom is 0.348 e. The maximum atomic E-state index is 11.8. The van der Waals surface area contributed by atoms with Gasteiger partial charge in [0.15, 0.2) is 0 Å². The highest BCUT2D eigenvalue weighted by atomic mass is 16.1. The van der Waals surface area contributed by atoms with Gasteiger partial charge in [-0.2, -0.15) is 4.98 Å². The molecule has 0 bridgehead atoms. The molecule has 1 atom stereocenters. The fourth-order valence-corrected chi connectivity index (χ4v) is 1.90. The van der Waals surface area contributed by atoms with Crippen molar-refractivity contribution in [3.8, 4) is 0 Å². The molecule has 17 heavy (non-hydrogen) atoms. The standard InChI is InChI=1S/C13H23N3O/c1-5-7-14-12(6-2)9-16-11(4)8-10(3)15-13(16)17/h8,12,14H,5-7,9H2,1-4H3. The summed E-state index contributed by atoms with van der Waals surface area (Å²) in [6.45, 7) is 9.79. The monoisotopic (exact) mass is 237 g/mol. The van der Waals surface area contributed by atoms with Gasteiger partial charge in [0.2, 0.25) is 0 Å². The minimum absolute atomic E-state index is 0.140. The van der Waals surface area contributed by atoms with Gasteiger partial charge >= 0.3 is 5.69 Å². The molecule has 4 nitrogen and oxygen atoms in total. The van der Waals surface area contributed by atoms with Crippen LogP contribution in [0.4, 0.5) is 0 Å². The van der Waals surface area contributed by atoms with E-state index in [9.17, 15) is 4.79 Å². The SMILES string of the molecule is CCCNC(CC)Cn1c(C)cc(C)nc1=O. The summed E-state index contributed by atoms with van der Waals surface area (Å²) < 4.78 is 1.75. The first-order chi connectivity index (χ1) is 8.08. The molecule has 4 heteroatoms. The van der Waals surface area contributed by atoms with Gasteiger partial charge in [-0.05, 0) is 39.3 Å². The van der Waals surface area contributed by atoms with Crippen LogP contribution >= 0.6 is 0 Å². The second-order valence-corrected chi connectivity index (χ2v) is 4.49. The smallest absolute Gasteiger partial charge is 0.312 e. The summed E-state index contributed by atoms with van der Waals surface area (Å²) in [5, 5.41) is 3.45. The highest BCUT2D eigenvalue weighted by Gasteiger charge is 2.09. The number of rotatable bonds is 6. The van der Waals surface area contributed by atoms with Gasteiger partial charge in [-0.3, -0.25) is 4.57 Å². The lowest BCUT2D eigenvalue weighted by Crippen LogP contribution is -2.38. The summed E-state index contributed by atoms with van der Waals surface area (Å²) in [4.78, 5) is 15.8. The molecule has 0 aromatic carbocycles. The van der Waals surface area contributed by atoms with Crippen molar-refractivity contribution in [3.63, 3.8) is 0 Å². The third kappa shape index (κ3) is 3.97. The second kappa shape index (κ2) is 6.55. The Labute approximate surface area is 103 Å². The first-order valence-corrected chi connectivity index (χ1v) is 6.37. The Morgan fingerprint density at radius 2 is 2.12 bits per heavy atom. The van der Waals surface area contributed by atoms with Crippen molar-refractivity contribution in [2.24, 2.45) is 0 Å². The van der Waals surface area contributed by atoms with Crippen LogP contribution in [0.1, 0.15) is 38.1 Å². The Morgan fingerprint density at radius 1 is 1.41 bits per heavy atom. The topological polar surface area (TPSA) is 46.9 Å². The van der Waals surface area contributed by atoms with E-state index in [1.165, 1.54) is 0 Å². The Morgan fingerprint density at radius 3 is 2.65 bits per heavy atom. The van der Waals surface area contributed by atoms with Gasteiger partial charge in [0.05, 0.1) is 0 Å². The predicted octanol–water partition coefficient (Wildman–Crippen LogP) is 1.64. The maximum absolute atomic E-state index is 11.8. The van der Waals surface area contributed by atoms with Crippen LogP contribution in [0.15, 0.2) is 10.9 Å². The zero-order valence-electron chi connectivity index (χ0n) is 11.3. The normalized spacial score (nSPS) is 12.7. The highest BCUT2D eigenvalue weighted by Crippen LogP contribution is 2.01. The van der Waals surface area contributed by atoms with Gasteiger partial charge in [-0.25, -0.2) is 4.79 Å². The molecule has 96 valence electrons.